The van der Waals surface area contributed by atoms with E-state index in [9.17, 15) is 22.4 Å². The summed E-state index contributed by atoms with van der Waals surface area (Å²) in [6, 6.07) is 14.2. The molecule has 0 spiro atoms. The van der Waals surface area contributed by atoms with Crippen molar-refractivity contribution in [3.8, 4) is 17.1 Å². The van der Waals surface area contributed by atoms with E-state index >= 15 is 0 Å². The highest BCUT2D eigenvalue weighted by Gasteiger charge is 2.33. The molecule has 1 N–H and O–H groups in total. The summed E-state index contributed by atoms with van der Waals surface area (Å²) >= 11 is 0. The van der Waals surface area contributed by atoms with Gasteiger partial charge in [0.15, 0.2) is 11.5 Å². The standard InChI is InChI=1S/C22H12F4N6O2/c23-12-8-9-14(17(11-12)34-22(24,25)26)18-30-19-13-5-1-2-6-15(13)28-21(32(19)31-18)29-16-7-3-4-10-27-20(16)33/h1-11H,(H,27,28,29,33). The summed E-state index contributed by atoms with van der Waals surface area (Å²) in [5.74, 6) is -1.82. The molecule has 2 aromatic carbocycles. The monoisotopic (exact) mass is 468 g/mol. The Morgan fingerprint density at radius 3 is 2.59 bits per heavy atom. The molecule has 3 heterocycles. The number of nitrogens with one attached hydrogen (secondary N) is 1. The van der Waals surface area contributed by atoms with Gasteiger partial charge in [-0.25, -0.2) is 19.3 Å². The van der Waals surface area contributed by atoms with E-state index in [0.717, 1.165) is 12.1 Å². The zero-order chi connectivity index (χ0) is 23.9. The Morgan fingerprint density at radius 2 is 1.76 bits per heavy atom. The van der Waals surface area contributed by atoms with Crippen LogP contribution in [0.4, 0.5) is 29.2 Å². The molecule has 0 atom stereocenters. The maximum Gasteiger partial charge on any atom is 0.573 e. The van der Waals surface area contributed by atoms with Gasteiger partial charge in [0.05, 0.1) is 11.1 Å². The van der Waals surface area contributed by atoms with E-state index in [1.165, 1.54) is 16.8 Å². The first-order chi connectivity index (χ1) is 16.3. The molecule has 3 aromatic heterocycles. The van der Waals surface area contributed by atoms with Crippen LogP contribution in [0, 0.1) is 5.82 Å². The van der Waals surface area contributed by atoms with Crippen molar-refractivity contribution in [3.05, 3.63) is 83.0 Å². The van der Waals surface area contributed by atoms with Crippen molar-refractivity contribution in [1.82, 2.24) is 24.6 Å². The Kier molecular flexibility index (Phi) is 5.04. The fourth-order valence-corrected chi connectivity index (χ4v) is 3.31. The van der Waals surface area contributed by atoms with Crippen LogP contribution in [-0.4, -0.2) is 30.9 Å². The van der Waals surface area contributed by atoms with Crippen molar-refractivity contribution in [1.29, 1.82) is 0 Å². The lowest BCUT2D eigenvalue weighted by atomic mass is 10.2. The van der Waals surface area contributed by atoms with Crippen LogP contribution < -0.4 is 15.6 Å². The molecule has 0 aliphatic rings. The number of anilines is 2. The molecule has 0 aliphatic carbocycles. The molecule has 0 radical (unpaired) electrons. The third-order valence-corrected chi connectivity index (χ3v) is 4.72. The van der Waals surface area contributed by atoms with Crippen molar-refractivity contribution in [2.45, 2.75) is 6.36 Å². The number of rotatable bonds is 4. The fraction of sp³-hybridized carbons (Fsp3) is 0.0455. The molecule has 0 unspecified atom stereocenters. The second-order valence-electron chi connectivity index (χ2n) is 6.99. The Bertz CT molecular complexity index is 1600. The van der Waals surface area contributed by atoms with E-state index in [4.69, 9.17) is 0 Å². The number of nitrogens with zero attached hydrogens (tertiary/aromatic N) is 5. The van der Waals surface area contributed by atoms with E-state index in [-0.39, 0.29) is 28.7 Å². The van der Waals surface area contributed by atoms with Gasteiger partial charge < -0.3 is 10.1 Å². The summed E-state index contributed by atoms with van der Waals surface area (Å²) in [4.78, 5) is 24.8. The summed E-state index contributed by atoms with van der Waals surface area (Å²) in [7, 11) is 0. The molecular weight excluding hydrogens is 456 g/mol. The predicted molar refractivity (Wildman–Crippen MR) is 114 cm³/mol. The van der Waals surface area contributed by atoms with E-state index in [2.05, 4.69) is 30.1 Å². The molecule has 0 amide bonds. The smallest absolute Gasteiger partial charge is 0.405 e. The second kappa shape index (κ2) is 8.06. The van der Waals surface area contributed by atoms with E-state index in [0.29, 0.717) is 17.0 Å². The molecule has 0 aliphatic heterocycles. The molecule has 0 bridgehead atoms. The predicted octanol–water partition coefficient (Wildman–Crippen LogP) is 4.48. The van der Waals surface area contributed by atoms with Crippen LogP contribution in [0.1, 0.15) is 0 Å². The van der Waals surface area contributed by atoms with Crippen LogP contribution in [0.5, 0.6) is 5.75 Å². The third-order valence-electron chi connectivity index (χ3n) is 4.72. The van der Waals surface area contributed by atoms with Crippen LogP contribution in [0.25, 0.3) is 27.9 Å². The number of para-hydroxylation sites is 1. The van der Waals surface area contributed by atoms with Gasteiger partial charge in [0, 0.05) is 17.6 Å². The zero-order valence-corrected chi connectivity index (χ0v) is 16.9. The van der Waals surface area contributed by atoms with E-state index < -0.39 is 23.5 Å². The Labute approximate surface area is 187 Å². The van der Waals surface area contributed by atoms with Gasteiger partial charge in [-0.3, -0.25) is 4.79 Å². The summed E-state index contributed by atoms with van der Waals surface area (Å²) in [5.41, 5.74) is 0.0748. The average Bonchev–Trinajstić information content (AvgIpc) is 3.12. The van der Waals surface area contributed by atoms with Gasteiger partial charge >= 0.3 is 6.36 Å². The summed E-state index contributed by atoms with van der Waals surface area (Å²) in [5, 5.41) is 7.69. The van der Waals surface area contributed by atoms with Gasteiger partial charge in [0.2, 0.25) is 5.95 Å². The van der Waals surface area contributed by atoms with Crippen LogP contribution in [0.3, 0.4) is 0 Å². The molecule has 5 rings (SSSR count). The third kappa shape index (κ3) is 4.08. The first kappa shape index (κ1) is 21.2. The van der Waals surface area contributed by atoms with Crippen molar-refractivity contribution in [2.24, 2.45) is 0 Å². The molecular formula is C22H12F4N6O2. The first-order valence-corrected chi connectivity index (χ1v) is 9.72. The normalized spacial score (nSPS) is 11.6. The minimum absolute atomic E-state index is 0.0675. The largest absolute Gasteiger partial charge is 0.573 e. The van der Waals surface area contributed by atoms with Crippen molar-refractivity contribution < 1.29 is 22.3 Å². The first-order valence-electron chi connectivity index (χ1n) is 9.72. The number of ether oxygens (including phenoxy) is 1. The van der Waals surface area contributed by atoms with Gasteiger partial charge in [0.25, 0.3) is 5.56 Å². The molecule has 8 nitrogen and oxygen atoms in total. The number of hydrogen-bond acceptors (Lipinski definition) is 7. The lowest BCUT2D eigenvalue weighted by Crippen LogP contribution is -2.17. The van der Waals surface area contributed by atoms with E-state index in [1.54, 1.807) is 36.4 Å². The summed E-state index contributed by atoms with van der Waals surface area (Å²) in [6.45, 7) is 0. The SMILES string of the molecule is O=c1nccccc1Nc1nc2ccccc2c2nc(-c3ccc(F)cc3OC(F)(F)F)nn12. The number of hydrogen-bond donors (Lipinski definition) is 1. The summed E-state index contributed by atoms with van der Waals surface area (Å²) < 4.78 is 57.6. The number of fused-ring (bicyclic) bond motifs is 3. The lowest BCUT2D eigenvalue weighted by molar-refractivity contribution is -0.274. The van der Waals surface area contributed by atoms with Gasteiger partial charge in [-0.05, 0) is 36.4 Å². The molecule has 0 saturated carbocycles. The topological polar surface area (TPSA) is 94.3 Å². The highest BCUT2D eigenvalue weighted by Crippen LogP contribution is 2.34. The Morgan fingerprint density at radius 1 is 0.971 bits per heavy atom. The Balaban J connectivity index is 1.73. The molecule has 170 valence electrons. The Hall–Kier alpha value is -4.61. The molecule has 0 saturated heterocycles. The average molecular weight is 468 g/mol. The maximum absolute atomic E-state index is 13.7. The number of benzene rings is 2. The van der Waals surface area contributed by atoms with Crippen molar-refractivity contribution in [2.75, 3.05) is 5.32 Å². The van der Waals surface area contributed by atoms with Gasteiger partial charge in [-0.15, -0.1) is 18.3 Å². The number of halogens is 4. The maximum atomic E-state index is 13.7. The highest BCUT2D eigenvalue weighted by atomic mass is 19.4. The fourth-order valence-electron chi connectivity index (χ4n) is 3.31. The number of alkyl halides is 3. The van der Waals surface area contributed by atoms with E-state index in [1.807, 2.05) is 0 Å². The van der Waals surface area contributed by atoms with Crippen LogP contribution in [0.15, 0.2) is 71.7 Å². The van der Waals surface area contributed by atoms with Crippen molar-refractivity contribution >= 4 is 28.2 Å². The highest BCUT2D eigenvalue weighted by molar-refractivity contribution is 5.93. The quantitative estimate of drug-likeness (QED) is 0.389. The van der Waals surface area contributed by atoms with Crippen LogP contribution >= 0.6 is 0 Å². The molecule has 34 heavy (non-hydrogen) atoms. The van der Waals surface area contributed by atoms with Crippen molar-refractivity contribution in [3.63, 3.8) is 0 Å². The molecule has 0 fully saturated rings. The zero-order valence-electron chi connectivity index (χ0n) is 16.9. The minimum Gasteiger partial charge on any atom is -0.405 e. The lowest BCUT2D eigenvalue weighted by Gasteiger charge is -2.11. The second-order valence-corrected chi connectivity index (χ2v) is 6.99. The summed E-state index contributed by atoms with van der Waals surface area (Å²) in [6.07, 6.45) is -3.72. The van der Waals surface area contributed by atoms with Gasteiger partial charge in [0.1, 0.15) is 17.3 Å². The van der Waals surface area contributed by atoms with Gasteiger partial charge in [-0.1, -0.05) is 18.2 Å². The van der Waals surface area contributed by atoms with Crippen LogP contribution in [-0.2, 0) is 0 Å². The number of aromatic nitrogens is 5. The van der Waals surface area contributed by atoms with Gasteiger partial charge in [-0.2, -0.15) is 4.52 Å². The molecule has 12 heteroatoms. The molecule has 5 aromatic rings. The minimum atomic E-state index is -5.05. The van der Waals surface area contributed by atoms with Crippen LogP contribution in [0.2, 0.25) is 0 Å².